The lowest BCUT2D eigenvalue weighted by Crippen LogP contribution is -2.24. The van der Waals surface area contributed by atoms with Crippen LogP contribution >= 0.6 is 0 Å². The van der Waals surface area contributed by atoms with Crippen molar-refractivity contribution in [2.24, 2.45) is 0 Å². The van der Waals surface area contributed by atoms with E-state index in [4.69, 9.17) is 4.74 Å². The Labute approximate surface area is 188 Å². The molecule has 0 atom stereocenters. The predicted octanol–water partition coefficient (Wildman–Crippen LogP) is 3.93. The quantitative estimate of drug-likeness (QED) is 0.639. The fourth-order valence-corrected chi connectivity index (χ4v) is 3.65. The maximum atomic E-state index is 12.4. The van der Waals surface area contributed by atoms with Crippen LogP contribution in [0, 0.1) is 0 Å². The summed E-state index contributed by atoms with van der Waals surface area (Å²) < 4.78 is 5.55. The van der Waals surface area contributed by atoms with Gasteiger partial charge in [-0.25, -0.2) is 0 Å². The smallest absolute Gasteiger partial charge is 0.321 e. The van der Waals surface area contributed by atoms with Gasteiger partial charge in [0.1, 0.15) is 5.82 Å². The Morgan fingerprint density at radius 2 is 1.59 bits per heavy atom. The summed E-state index contributed by atoms with van der Waals surface area (Å²) in [5.74, 6) is 1.07. The molecule has 7 rings (SSSR count). The third kappa shape index (κ3) is 6.03. The van der Waals surface area contributed by atoms with Gasteiger partial charge >= 0.3 is 6.01 Å². The first kappa shape index (κ1) is 21.7. The van der Waals surface area contributed by atoms with Crippen LogP contribution in [0.1, 0.15) is 59.1 Å². The lowest BCUT2D eigenvalue weighted by molar-refractivity contribution is 0.0953. The molecule has 166 valence electrons. The molecule has 0 unspecified atom stereocenters. The second-order valence-electron chi connectivity index (χ2n) is 7.90. The van der Waals surface area contributed by atoms with Gasteiger partial charge in [0, 0.05) is 25.1 Å². The van der Waals surface area contributed by atoms with Gasteiger partial charge in [-0.15, -0.1) is 0 Å². The summed E-state index contributed by atoms with van der Waals surface area (Å²) in [6.45, 7) is 3.70. The van der Waals surface area contributed by atoms with Crippen molar-refractivity contribution in [1.29, 1.82) is 0 Å². The van der Waals surface area contributed by atoms with Gasteiger partial charge in [0.05, 0.1) is 6.61 Å². The molecule has 32 heavy (non-hydrogen) atoms. The molecule has 4 aliphatic rings. The molecule has 7 nitrogen and oxygen atoms in total. The normalized spacial score (nSPS) is 14.8. The van der Waals surface area contributed by atoms with Crippen LogP contribution in [0.25, 0.3) is 0 Å². The number of aryl methyl sites for hydroxylation is 1. The van der Waals surface area contributed by atoms with E-state index in [-0.39, 0.29) is 5.91 Å². The predicted molar refractivity (Wildman–Crippen MR) is 124 cm³/mol. The van der Waals surface area contributed by atoms with E-state index in [1.165, 1.54) is 5.56 Å². The van der Waals surface area contributed by atoms with Crippen molar-refractivity contribution in [3.8, 4) is 6.01 Å². The molecule has 0 radical (unpaired) electrons. The Bertz CT molecular complexity index is 1040. The highest BCUT2D eigenvalue weighted by molar-refractivity contribution is 5.94. The van der Waals surface area contributed by atoms with Crippen molar-refractivity contribution in [3.63, 3.8) is 0 Å². The lowest BCUT2D eigenvalue weighted by atomic mass is 10.0. The zero-order chi connectivity index (χ0) is 22.2. The van der Waals surface area contributed by atoms with Crippen molar-refractivity contribution in [3.05, 3.63) is 76.6 Å². The fourth-order valence-electron chi connectivity index (χ4n) is 3.65. The van der Waals surface area contributed by atoms with E-state index in [1.54, 1.807) is 0 Å². The minimum absolute atomic E-state index is 0.0386. The third-order valence-electron chi connectivity index (χ3n) is 5.41. The number of aromatic nitrogens is 3. The summed E-state index contributed by atoms with van der Waals surface area (Å²) >= 11 is 0. The lowest BCUT2D eigenvalue weighted by Gasteiger charge is -2.10. The summed E-state index contributed by atoms with van der Waals surface area (Å²) in [4.78, 5) is 25.8. The van der Waals surface area contributed by atoms with E-state index in [2.05, 4.69) is 49.9 Å². The number of rotatable bonds is 2. The van der Waals surface area contributed by atoms with E-state index in [0.717, 1.165) is 36.8 Å². The molecular formula is C25H29N5O2. The SMILES string of the molecule is CCOc1nc2nc(n1)NCc1ccc(cc1)CCCCCNC(=O)c1ccc(cc1)C2. The van der Waals surface area contributed by atoms with E-state index in [1.807, 2.05) is 31.2 Å². The summed E-state index contributed by atoms with van der Waals surface area (Å²) in [6.07, 6.45) is 4.74. The molecule has 6 bridgehead atoms. The minimum Gasteiger partial charge on any atom is -0.464 e. The summed E-state index contributed by atoms with van der Waals surface area (Å²) in [5.41, 5.74) is 4.16. The second kappa shape index (κ2) is 10.7. The standard InChI is InChI=1S/C25H29N5O2/c1-2-32-25-29-22-16-19-11-13-21(14-12-19)23(31)26-15-5-3-4-6-18-7-9-20(10-8-18)17-27-24(28-22)30-25/h7-14H,2-6,15-17H2,1H3,(H,26,31)(H,27,28,29,30). The number of nitrogens with one attached hydrogen (secondary N) is 2. The van der Waals surface area contributed by atoms with Crippen molar-refractivity contribution in [1.82, 2.24) is 20.3 Å². The van der Waals surface area contributed by atoms with Gasteiger partial charge in [0.2, 0.25) is 5.95 Å². The average molecular weight is 432 g/mol. The average Bonchev–Trinajstić information content (AvgIpc) is 2.81. The van der Waals surface area contributed by atoms with Crippen LogP contribution < -0.4 is 15.4 Å². The van der Waals surface area contributed by atoms with E-state index in [9.17, 15) is 4.79 Å². The maximum Gasteiger partial charge on any atom is 0.321 e. The van der Waals surface area contributed by atoms with Crippen LogP contribution in [0.5, 0.6) is 6.01 Å². The molecule has 7 heteroatoms. The van der Waals surface area contributed by atoms with E-state index in [0.29, 0.717) is 49.5 Å². The van der Waals surface area contributed by atoms with Crippen molar-refractivity contribution < 1.29 is 9.53 Å². The Morgan fingerprint density at radius 1 is 0.844 bits per heavy atom. The first-order valence-corrected chi connectivity index (χ1v) is 11.3. The molecule has 4 aliphatic heterocycles. The highest BCUT2D eigenvalue weighted by Gasteiger charge is 2.10. The first-order chi connectivity index (χ1) is 15.7. The molecule has 0 saturated carbocycles. The van der Waals surface area contributed by atoms with Crippen LogP contribution in [-0.2, 0) is 19.4 Å². The Morgan fingerprint density at radius 3 is 2.38 bits per heavy atom. The monoisotopic (exact) mass is 431 g/mol. The number of anilines is 1. The van der Waals surface area contributed by atoms with Gasteiger partial charge in [-0.1, -0.05) is 42.8 Å². The molecule has 5 heterocycles. The van der Waals surface area contributed by atoms with Crippen LogP contribution in [0.3, 0.4) is 0 Å². The van der Waals surface area contributed by atoms with Gasteiger partial charge in [-0.3, -0.25) is 4.79 Å². The molecule has 0 saturated heterocycles. The van der Waals surface area contributed by atoms with Gasteiger partial charge in [-0.05, 0) is 55.0 Å². The van der Waals surface area contributed by atoms with E-state index >= 15 is 0 Å². The highest BCUT2D eigenvalue weighted by atomic mass is 16.5. The number of nitrogens with zero attached hydrogens (tertiary/aromatic N) is 3. The van der Waals surface area contributed by atoms with Crippen LogP contribution in [0.4, 0.5) is 5.95 Å². The number of hydrogen-bond acceptors (Lipinski definition) is 6. The van der Waals surface area contributed by atoms with E-state index < -0.39 is 0 Å². The molecule has 1 aromatic heterocycles. The molecule has 2 aromatic carbocycles. The number of carbonyl (C=O) groups is 1. The third-order valence-corrected chi connectivity index (χ3v) is 5.41. The second-order valence-corrected chi connectivity index (χ2v) is 7.90. The number of ether oxygens (including phenoxy) is 1. The van der Waals surface area contributed by atoms with Gasteiger partial charge in [0.15, 0.2) is 0 Å². The topological polar surface area (TPSA) is 89.0 Å². The number of benzene rings is 2. The van der Waals surface area contributed by atoms with Crippen LogP contribution in [0.15, 0.2) is 48.5 Å². The molecule has 0 fully saturated rings. The summed E-state index contributed by atoms with van der Waals surface area (Å²) in [5, 5.41) is 6.31. The van der Waals surface area contributed by atoms with Gasteiger partial charge in [-0.2, -0.15) is 15.0 Å². The first-order valence-electron chi connectivity index (χ1n) is 11.3. The number of hydrogen-bond donors (Lipinski definition) is 2. The van der Waals surface area contributed by atoms with Gasteiger partial charge in [0.25, 0.3) is 5.91 Å². The number of carbonyl (C=O) groups excluding carboxylic acids is 1. The number of amides is 1. The molecule has 1 amide bonds. The minimum atomic E-state index is -0.0386. The summed E-state index contributed by atoms with van der Waals surface area (Å²) in [6, 6.07) is 16.5. The zero-order valence-corrected chi connectivity index (χ0v) is 18.4. The van der Waals surface area contributed by atoms with Crippen molar-refractivity contribution in [2.75, 3.05) is 18.5 Å². The molecule has 2 N–H and O–H groups in total. The Kier molecular flexibility index (Phi) is 7.27. The Balaban J connectivity index is 1.58. The highest BCUT2D eigenvalue weighted by Crippen LogP contribution is 2.15. The van der Waals surface area contributed by atoms with Crippen LogP contribution in [-0.4, -0.2) is 34.0 Å². The Hall–Kier alpha value is -3.48. The largest absolute Gasteiger partial charge is 0.464 e. The molecular weight excluding hydrogens is 402 g/mol. The van der Waals surface area contributed by atoms with Crippen LogP contribution in [0.2, 0.25) is 0 Å². The summed E-state index contributed by atoms with van der Waals surface area (Å²) in [7, 11) is 0. The van der Waals surface area contributed by atoms with Gasteiger partial charge < -0.3 is 15.4 Å². The van der Waals surface area contributed by atoms with Crippen molar-refractivity contribution in [2.45, 2.75) is 45.6 Å². The zero-order valence-electron chi connectivity index (χ0n) is 18.4. The maximum absolute atomic E-state index is 12.4. The molecule has 0 aliphatic carbocycles. The fraction of sp³-hybridized carbons (Fsp3) is 0.360. The molecule has 0 spiro atoms. The van der Waals surface area contributed by atoms with Crippen molar-refractivity contribution >= 4 is 11.9 Å². The molecule has 3 aromatic rings.